The molecule has 0 bridgehead atoms. The Morgan fingerprint density at radius 1 is 1.31 bits per heavy atom. The van der Waals surface area contributed by atoms with Crippen LogP contribution in [0.15, 0.2) is 42.7 Å². The van der Waals surface area contributed by atoms with E-state index in [2.05, 4.69) is 24.0 Å². The monoisotopic (exact) mass is 211 g/mol. The van der Waals surface area contributed by atoms with Gasteiger partial charge in [-0.3, -0.25) is 4.98 Å². The Kier molecular flexibility index (Phi) is 3.32. The van der Waals surface area contributed by atoms with Gasteiger partial charge in [0.05, 0.1) is 0 Å². The molecule has 0 aliphatic carbocycles. The van der Waals surface area contributed by atoms with Crippen molar-refractivity contribution in [2.75, 3.05) is 6.54 Å². The first-order chi connectivity index (χ1) is 7.83. The van der Waals surface area contributed by atoms with Crippen LogP contribution in [0.3, 0.4) is 0 Å². The van der Waals surface area contributed by atoms with E-state index in [1.807, 2.05) is 24.3 Å². The minimum absolute atomic E-state index is 0.237. The number of aromatic nitrogens is 1. The van der Waals surface area contributed by atoms with Crippen molar-refractivity contribution in [2.24, 2.45) is 5.73 Å². The molecular formula is C14H15N2. The zero-order valence-electron chi connectivity index (χ0n) is 9.35. The molecule has 0 spiro atoms. The van der Waals surface area contributed by atoms with E-state index in [4.69, 9.17) is 5.73 Å². The summed E-state index contributed by atoms with van der Waals surface area (Å²) < 4.78 is 0. The summed E-state index contributed by atoms with van der Waals surface area (Å²) in [7, 11) is 0. The second-order valence-corrected chi connectivity index (χ2v) is 3.82. The van der Waals surface area contributed by atoms with E-state index in [0.717, 1.165) is 5.56 Å². The zero-order chi connectivity index (χ0) is 11.4. The Morgan fingerprint density at radius 2 is 2.06 bits per heavy atom. The molecule has 0 aliphatic heterocycles. The van der Waals surface area contributed by atoms with E-state index >= 15 is 0 Å². The molecule has 2 heteroatoms. The lowest BCUT2D eigenvalue weighted by Gasteiger charge is -2.17. The molecule has 16 heavy (non-hydrogen) atoms. The largest absolute Gasteiger partial charge is 0.330 e. The number of hydrogen-bond donors (Lipinski definition) is 1. The SMILES string of the molecule is Cc1[c]cccc1C(CN)c1ccncc1. The molecule has 1 aromatic carbocycles. The molecular weight excluding hydrogens is 196 g/mol. The van der Waals surface area contributed by atoms with Crippen LogP contribution in [0.1, 0.15) is 22.6 Å². The highest BCUT2D eigenvalue weighted by atomic mass is 14.6. The van der Waals surface area contributed by atoms with Gasteiger partial charge < -0.3 is 5.73 Å². The molecule has 2 rings (SSSR count). The first-order valence-electron chi connectivity index (χ1n) is 5.40. The molecule has 0 fully saturated rings. The van der Waals surface area contributed by atoms with Gasteiger partial charge in [-0.2, -0.15) is 0 Å². The van der Waals surface area contributed by atoms with Gasteiger partial charge >= 0.3 is 0 Å². The van der Waals surface area contributed by atoms with Crippen molar-refractivity contribution in [3.05, 3.63) is 65.5 Å². The van der Waals surface area contributed by atoms with Crippen molar-refractivity contribution < 1.29 is 0 Å². The highest BCUT2D eigenvalue weighted by Crippen LogP contribution is 2.25. The topological polar surface area (TPSA) is 38.9 Å². The van der Waals surface area contributed by atoms with Crippen LogP contribution in [-0.4, -0.2) is 11.5 Å². The van der Waals surface area contributed by atoms with E-state index in [0.29, 0.717) is 6.54 Å². The van der Waals surface area contributed by atoms with Crippen LogP contribution in [-0.2, 0) is 0 Å². The van der Waals surface area contributed by atoms with Gasteiger partial charge in [0.25, 0.3) is 0 Å². The lowest BCUT2D eigenvalue weighted by Crippen LogP contribution is -2.14. The Morgan fingerprint density at radius 3 is 2.69 bits per heavy atom. The summed E-state index contributed by atoms with van der Waals surface area (Å²) in [5.41, 5.74) is 9.49. The molecule has 2 nitrogen and oxygen atoms in total. The van der Waals surface area contributed by atoms with Crippen molar-refractivity contribution in [1.82, 2.24) is 4.98 Å². The maximum Gasteiger partial charge on any atom is 0.0270 e. The molecule has 2 N–H and O–H groups in total. The average molecular weight is 211 g/mol. The van der Waals surface area contributed by atoms with Crippen LogP contribution in [0.2, 0.25) is 0 Å². The molecule has 81 valence electrons. The fourth-order valence-corrected chi connectivity index (χ4v) is 1.95. The molecule has 2 aromatic rings. The lowest BCUT2D eigenvalue weighted by molar-refractivity contribution is 0.809. The standard InChI is InChI=1S/C14H15N2/c1-11-4-2-3-5-13(11)14(10-15)12-6-8-16-9-7-12/h2-3,5-9,14H,10,15H2,1H3. The number of nitrogens with zero attached hydrogens (tertiary/aromatic N) is 1. The van der Waals surface area contributed by atoms with Crippen molar-refractivity contribution >= 4 is 0 Å². The van der Waals surface area contributed by atoms with Gasteiger partial charge in [-0.25, -0.2) is 0 Å². The maximum absolute atomic E-state index is 5.87. The van der Waals surface area contributed by atoms with E-state index in [1.165, 1.54) is 11.1 Å². The molecule has 1 radical (unpaired) electrons. The third-order valence-electron chi connectivity index (χ3n) is 2.82. The second kappa shape index (κ2) is 4.90. The lowest BCUT2D eigenvalue weighted by atomic mass is 9.89. The van der Waals surface area contributed by atoms with Crippen molar-refractivity contribution in [3.8, 4) is 0 Å². The zero-order valence-corrected chi connectivity index (χ0v) is 9.35. The highest BCUT2D eigenvalue weighted by molar-refractivity contribution is 5.36. The van der Waals surface area contributed by atoms with Crippen LogP contribution < -0.4 is 5.73 Å². The number of aryl methyl sites for hydroxylation is 1. The molecule has 0 saturated heterocycles. The average Bonchev–Trinajstić information content (AvgIpc) is 2.34. The van der Waals surface area contributed by atoms with E-state index in [9.17, 15) is 0 Å². The summed E-state index contributed by atoms with van der Waals surface area (Å²) in [6.45, 7) is 2.67. The quantitative estimate of drug-likeness (QED) is 0.846. The Hall–Kier alpha value is -1.67. The summed E-state index contributed by atoms with van der Waals surface area (Å²) in [4.78, 5) is 4.03. The summed E-state index contributed by atoms with van der Waals surface area (Å²) in [6, 6.07) is 13.3. The third kappa shape index (κ3) is 2.12. The molecule has 0 saturated carbocycles. The fourth-order valence-electron chi connectivity index (χ4n) is 1.95. The Labute approximate surface area is 96.1 Å². The predicted molar refractivity (Wildman–Crippen MR) is 65.1 cm³/mol. The molecule has 0 aliphatic rings. The van der Waals surface area contributed by atoms with Crippen molar-refractivity contribution in [2.45, 2.75) is 12.8 Å². The van der Waals surface area contributed by atoms with Gasteiger partial charge in [0, 0.05) is 24.9 Å². The van der Waals surface area contributed by atoms with Crippen molar-refractivity contribution in [1.29, 1.82) is 0 Å². The third-order valence-corrected chi connectivity index (χ3v) is 2.82. The van der Waals surface area contributed by atoms with Crippen LogP contribution in [0.5, 0.6) is 0 Å². The van der Waals surface area contributed by atoms with Gasteiger partial charge in [0.1, 0.15) is 0 Å². The molecule has 1 heterocycles. The van der Waals surface area contributed by atoms with E-state index < -0.39 is 0 Å². The van der Waals surface area contributed by atoms with Gasteiger partial charge in [0.2, 0.25) is 0 Å². The second-order valence-electron chi connectivity index (χ2n) is 3.82. The minimum Gasteiger partial charge on any atom is -0.330 e. The first kappa shape index (κ1) is 10.8. The molecule has 1 unspecified atom stereocenters. The highest BCUT2D eigenvalue weighted by Gasteiger charge is 2.13. The van der Waals surface area contributed by atoms with Crippen LogP contribution in [0, 0.1) is 13.0 Å². The first-order valence-corrected chi connectivity index (χ1v) is 5.40. The Balaban J connectivity index is 2.41. The smallest absolute Gasteiger partial charge is 0.0270 e. The normalized spacial score (nSPS) is 12.4. The maximum atomic E-state index is 5.87. The number of benzene rings is 1. The fraction of sp³-hybridized carbons (Fsp3) is 0.214. The van der Waals surface area contributed by atoms with Crippen LogP contribution in [0.4, 0.5) is 0 Å². The van der Waals surface area contributed by atoms with E-state index in [-0.39, 0.29) is 5.92 Å². The molecule has 1 aromatic heterocycles. The van der Waals surface area contributed by atoms with Crippen molar-refractivity contribution in [3.63, 3.8) is 0 Å². The van der Waals surface area contributed by atoms with E-state index in [1.54, 1.807) is 12.4 Å². The summed E-state index contributed by atoms with van der Waals surface area (Å²) in [6.07, 6.45) is 3.61. The predicted octanol–water partition coefficient (Wildman–Crippen LogP) is 2.28. The van der Waals surface area contributed by atoms with Crippen LogP contribution in [0.25, 0.3) is 0 Å². The summed E-state index contributed by atoms with van der Waals surface area (Å²) in [5, 5.41) is 0. The Bertz CT molecular complexity index is 451. The number of hydrogen-bond acceptors (Lipinski definition) is 2. The van der Waals surface area contributed by atoms with Gasteiger partial charge in [0.15, 0.2) is 0 Å². The van der Waals surface area contributed by atoms with Gasteiger partial charge in [-0.15, -0.1) is 0 Å². The molecule has 0 amide bonds. The number of nitrogens with two attached hydrogens (primary N) is 1. The molecule has 1 atom stereocenters. The van der Waals surface area contributed by atoms with Crippen LogP contribution >= 0.6 is 0 Å². The minimum atomic E-state index is 0.237. The summed E-state index contributed by atoms with van der Waals surface area (Å²) in [5.74, 6) is 0.237. The number of pyridine rings is 1. The van der Waals surface area contributed by atoms with Gasteiger partial charge in [-0.1, -0.05) is 18.2 Å². The van der Waals surface area contributed by atoms with Gasteiger partial charge in [-0.05, 0) is 41.8 Å². The summed E-state index contributed by atoms with van der Waals surface area (Å²) >= 11 is 0. The number of rotatable bonds is 3.